The lowest BCUT2D eigenvalue weighted by atomic mass is 10.6. The molecule has 0 bridgehead atoms. The Morgan fingerprint density at radius 3 is 1.78 bits per heavy atom. The molecule has 9 heavy (non-hydrogen) atoms. The summed E-state index contributed by atoms with van der Waals surface area (Å²) in [5, 5.41) is -1.39. The maximum absolute atomic E-state index is 6.06. The normalized spacial score (nSPS) is 11.9. The number of halogens is 1. The zero-order valence-electron chi connectivity index (χ0n) is 6.06. The summed E-state index contributed by atoms with van der Waals surface area (Å²) in [6.45, 7) is 4.28. The molecule has 0 saturated carbocycles. The van der Waals surface area contributed by atoms with Gasteiger partial charge in [0.25, 0.3) is 0 Å². The van der Waals surface area contributed by atoms with Crippen LogP contribution in [0.5, 0.6) is 0 Å². The van der Waals surface area contributed by atoms with Gasteiger partial charge in [-0.2, -0.15) is 0 Å². The highest BCUT2D eigenvalue weighted by Crippen LogP contribution is 2.52. The molecule has 0 saturated heterocycles. The van der Waals surface area contributed by atoms with E-state index in [0.717, 1.165) is 25.2 Å². The number of hydrogen-bond donors (Lipinski definition) is 0. The van der Waals surface area contributed by atoms with Crippen molar-refractivity contribution in [1.82, 2.24) is 0 Å². The van der Waals surface area contributed by atoms with Crippen molar-refractivity contribution in [2.75, 3.05) is 12.3 Å². The number of hydrogen-bond acceptors (Lipinski definition) is 1. The van der Waals surface area contributed by atoms with Crippen molar-refractivity contribution < 1.29 is 0 Å². The molecule has 0 aromatic rings. The summed E-state index contributed by atoms with van der Waals surface area (Å²) in [5.74, 6) is 0. The van der Waals surface area contributed by atoms with Crippen molar-refractivity contribution >= 4 is 28.4 Å². The lowest BCUT2D eigenvalue weighted by molar-refractivity contribution is 1.06. The van der Waals surface area contributed by atoms with Crippen LogP contribution < -0.4 is 0 Å². The van der Waals surface area contributed by atoms with Gasteiger partial charge in [-0.25, -0.2) is 0 Å². The zero-order valence-corrected chi connectivity index (χ0v) is 8.53. The van der Waals surface area contributed by atoms with Crippen molar-refractivity contribution in [3.8, 4) is 0 Å². The molecule has 0 radical (unpaired) electrons. The van der Waals surface area contributed by atoms with Crippen LogP contribution in [-0.2, 0) is 11.8 Å². The van der Waals surface area contributed by atoms with Crippen LogP contribution in [0.3, 0.4) is 0 Å². The summed E-state index contributed by atoms with van der Waals surface area (Å²) in [6, 6.07) is 0. The van der Waals surface area contributed by atoms with Crippen molar-refractivity contribution in [3.05, 3.63) is 0 Å². The van der Waals surface area contributed by atoms with Gasteiger partial charge in [-0.1, -0.05) is 49.7 Å². The average Bonchev–Trinajstić information content (AvgIpc) is 1.64. The summed E-state index contributed by atoms with van der Waals surface area (Å²) in [5.41, 5.74) is 0. The molecule has 0 rings (SSSR count). The highest BCUT2D eigenvalue weighted by molar-refractivity contribution is 8.27. The second kappa shape index (κ2) is 4.71. The fourth-order valence-corrected chi connectivity index (χ4v) is 4.45. The molecule has 0 aromatic carbocycles. The topological polar surface area (TPSA) is 0 Å². The third-order valence-corrected chi connectivity index (χ3v) is 5.45. The van der Waals surface area contributed by atoms with Crippen molar-refractivity contribution in [1.29, 1.82) is 0 Å². The first-order valence-corrected chi connectivity index (χ1v) is 7.48. The van der Waals surface area contributed by atoms with E-state index >= 15 is 0 Å². The molecule has 0 amide bonds. The first-order chi connectivity index (χ1) is 4.12. The molecule has 56 valence electrons. The van der Waals surface area contributed by atoms with E-state index in [-0.39, 0.29) is 0 Å². The average molecular weight is 185 g/mol. The summed E-state index contributed by atoms with van der Waals surface area (Å²) >= 11 is 11.3. The van der Waals surface area contributed by atoms with Crippen LogP contribution in [0.1, 0.15) is 26.7 Å². The van der Waals surface area contributed by atoms with Crippen molar-refractivity contribution in [2.24, 2.45) is 0 Å². The standard InChI is InChI=1S/C6H14ClPS/c1-3-5-8(7,9)6-4-2/h3-6H2,1-2H3. The van der Waals surface area contributed by atoms with Gasteiger partial charge in [-0.3, -0.25) is 0 Å². The SMILES string of the molecule is CCCP(=S)(Cl)CCC. The summed E-state index contributed by atoms with van der Waals surface area (Å²) in [7, 11) is 0. The third-order valence-electron chi connectivity index (χ3n) is 1.12. The minimum atomic E-state index is -1.39. The van der Waals surface area contributed by atoms with Crippen molar-refractivity contribution in [2.45, 2.75) is 26.7 Å². The summed E-state index contributed by atoms with van der Waals surface area (Å²) in [4.78, 5) is 0. The zero-order chi connectivity index (χ0) is 7.33. The molecule has 0 aliphatic carbocycles. The van der Waals surface area contributed by atoms with E-state index in [9.17, 15) is 0 Å². The Kier molecular flexibility index (Phi) is 5.20. The van der Waals surface area contributed by atoms with E-state index in [1.165, 1.54) is 0 Å². The van der Waals surface area contributed by atoms with Gasteiger partial charge in [0.15, 0.2) is 0 Å². The Bertz CT molecular complexity index is 104. The lowest BCUT2D eigenvalue weighted by Crippen LogP contribution is -1.85. The van der Waals surface area contributed by atoms with E-state index in [2.05, 4.69) is 13.8 Å². The third kappa shape index (κ3) is 5.39. The van der Waals surface area contributed by atoms with Crippen LogP contribution in [-0.4, -0.2) is 12.3 Å². The van der Waals surface area contributed by atoms with E-state index in [1.54, 1.807) is 0 Å². The van der Waals surface area contributed by atoms with E-state index in [1.807, 2.05) is 0 Å². The molecule has 0 nitrogen and oxygen atoms in total. The molecular weight excluding hydrogens is 171 g/mol. The minimum absolute atomic E-state index is 1.07. The van der Waals surface area contributed by atoms with Gasteiger partial charge in [0.2, 0.25) is 0 Å². The molecule has 0 aromatic heterocycles. The van der Waals surface area contributed by atoms with Crippen LogP contribution in [0.2, 0.25) is 0 Å². The molecule has 0 aliphatic rings. The van der Waals surface area contributed by atoms with Gasteiger partial charge in [0, 0.05) is 5.39 Å². The maximum Gasteiger partial charge on any atom is 0.0388 e. The maximum atomic E-state index is 6.06. The Balaban J connectivity index is 3.58. The summed E-state index contributed by atoms with van der Waals surface area (Å²) in [6.07, 6.45) is 4.41. The van der Waals surface area contributed by atoms with Gasteiger partial charge in [0.05, 0.1) is 0 Å². The quantitative estimate of drug-likeness (QED) is 0.604. The fourth-order valence-electron chi connectivity index (χ4n) is 0.780. The van der Waals surface area contributed by atoms with Crippen LogP contribution >= 0.6 is 16.6 Å². The highest BCUT2D eigenvalue weighted by atomic mass is 35.7. The van der Waals surface area contributed by atoms with Gasteiger partial charge in [-0.15, -0.1) is 0 Å². The van der Waals surface area contributed by atoms with E-state index in [0.29, 0.717) is 0 Å². The van der Waals surface area contributed by atoms with Crippen LogP contribution in [0.4, 0.5) is 0 Å². The molecule has 0 N–H and O–H groups in total. The lowest BCUT2D eigenvalue weighted by Gasteiger charge is -2.09. The highest BCUT2D eigenvalue weighted by Gasteiger charge is 2.08. The molecule has 0 fully saturated rings. The van der Waals surface area contributed by atoms with Crippen LogP contribution in [0.15, 0.2) is 0 Å². The predicted octanol–water partition coefficient (Wildman–Crippen LogP) is 3.44. The van der Waals surface area contributed by atoms with Crippen molar-refractivity contribution in [3.63, 3.8) is 0 Å². The number of rotatable bonds is 4. The fraction of sp³-hybridized carbons (Fsp3) is 1.00. The van der Waals surface area contributed by atoms with Crippen LogP contribution in [0.25, 0.3) is 0 Å². The van der Waals surface area contributed by atoms with Gasteiger partial charge < -0.3 is 0 Å². The Labute approximate surface area is 67.8 Å². The Morgan fingerprint density at radius 1 is 1.22 bits per heavy atom. The largest absolute Gasteiger partial charge is 0.0856 e. The Morgan fingerprint density at radius 2 is 1.56 bits per heavy atom. The van der Waals surface area contributed by atoms with Gasteiger partial charge in [0.1, 0.15) is 0 Å². The minimum Gasteiger partial charge on any atom is -0.0856 e. The molecule has 3 heteroatoms. The second-order valence-electron chi connectivity index (χ2n) is 2.24. The van der Waals surface area contributed by atoms with E-state index in [4.69, 9.17) is 23.0 Å². The smallest absolute Gasteiger partial charge is 0.0388 e. The van der Waals surface area contributed by atoms with Gasteiger partial charge in [-0.05, 0) is 12.3 Å². The molecular formula is C6H14ClPS. The first-order valence-electron chi connectivity index (χ1n) is 3.40. The molecule has 0 unspecified atom stereocenters. The summed E-state index contributed by atoms with van der Waals surface area (Å²) < 4.78 is 0. The molecule has 0 atom stereocenters. The van der Waals surface area contributed by atoms with Crippen LogP contribution in [0, 0.1) is 0 Å². The second-order valence-corrected chi connectivity index (χ2v) is 9.35. The predicted molar refractivity (Wildman–Crippen MR) is 50.5 cm³/mol. The molecule has 0 spiro atoms. The Hall–Kier alpha value is 0.940. The first kappa shape index (κ1) is 9.94. The monoisotopic (exact) mass is 184 g/mol. The van der Waals surface area contributed by atoms with E-state index < -0.39 is 5.39 Å². The molecule has 0 heterocycles. The van der Waals surface area contributed by atoms with Gasteiger partial charge >= 0.3 is 0 Å². The molecule has 0 aliphatic heterocycles.